The molecule has 19 heteroatoms. The van der Waals surface area contributed by atoms with Gasteiger partial charge in [0.15, 0.2) is 5.75 Å². The molecule has 0 aromatic heterocycles. The summed E-state index contributed by atoms with van der Waals surface area (Å²) >= 11 is 0. The van der Waals surface area contributed by atoms with Crippen molar-refractivity contribution in [3.63, 3.8) is 0 Å². The number of nitro benzene ring substituents is 1. The van der Waals surface area contributed by atoms with Gasteiger partial charge in [-0.25, -0.2) is 28.8 Å². The molecule has 0 heterocycles. The molecule has 0 aliphatic rings. The summed E-state index contributed by atoms with van der Waals surface area (Å²) in [4.78, 5) is 88.0. The topological polar surface area (TPSA) is 255 Å². The van der Waals surface area contributed by atoms with E-state index in [0.29, 0.717) is 73.1 Å². The zero-order chi connectivity index (χ0) is 71.1. The van der Waals surface area contributed by atoms with Crippen LogP contribution >= 0.6 is 0 Å². The second-order valence-electron chi connectivity index (χ2n) is 24.9. The van der Waals surface area contributed by atoms with Gasteiger partial charge in [0.05, 0.1) is 72.9 Å². The van der Waals surface area contributed by atoms with Crippen molar-refractivity contribution in [2.24, 2.45) is 0 Å². The lowest BCUT2D eigenvalue weighted by Gasteiger charge is -2.16. The van der Waals surface area contributed by atoms with Crippen molar-refractivity contribution in [3.8, 4) is 39.9 Å². The molecule has 0 aliphatic heterocycles. The van der Waals surface area contributed by atoms with E-state index in [1.165, 1.54) is 48.9 Å². The van der Waals surface area contributed by atoms with E-state index >= 15 is 0 Å². The molecule has 538 valence electrons. The first-order valence-corrected chi connectivity index (χ1v) is 36.0. The SMILES string of the molecule is C=CC(=O)OCCCCCCCCCCCOc1ccc(OC(=O)c2ccc(C(=O)Oc3ccc(OCCCCCCCCCCCOC(=O)C=C)cc3)c(C(=O)OCCCCCCCCCCOC(=O)c3ccc(-c4cc([N+](=O)[O-])c(O[C@@H](C)CCCCCC)cc4N)cc3)c2)cc1. The van der Waals surface area contributed by atoms with Gasteiger partial charge in [-0.3, -0.25) is 10.1 Å². The summed E-state index contributed by atoms with van der Waals surface area (Å²) in [6.07, 6.45) is 33.0. The fourth-order valence-corrected chi connectivity index (χ4v) is 11.0. The summed E-state index contributed by atoms with van der Waals surface area (Å²) in [5, 5.41) is 12.1. The molecule has 0 unspecified atom stereocenters. The van der Waals surface area contributed by atoms with E-state index in [0.717, 1.165) is 180 Å². The van der Waals surface area contributed by atoms with E-state index in [-0.39, 0.29) is 70.9 Å². The second kappa shape index (κ2) is 48.7. The van der Waals surface area contributed by atoms with E-state index < -0.39 is 28.8 Å². The molecule has 0 saturated heterocycles. The fourth-order valence-electron chi connectivity index (χ4n) is 11.0. The zero-order valence-electron chi connectivity index (χ0n) is 58.6. The quantitative estimate of drug-likeness (QED) is 0.00555. The molecule has 0 radical (unpaired) electrons. The molecule has 0 spiro atoms. The number of unbranched alkanes of at least 4 members (excludes halogenated alkanes) is 26. The third-order valence-electron chi connectivity index (χ3n) is 16.8. The Balaban J connectivity index is 1.03. The van der Waals surface area contributed by atoms with Gasteiger partial charge < -0.3 is 48.4 Å². The number of esters is 6. The summed E-state index contributed by atoms with van der Waals surface area (Å²) < 4.78 is 50.6. The van der Waals surface area contributed by atoms with Gasteiger partial charge in [0.25, 0.3) is 0 Å². The molecule has 0 bridgehead atoms. The Morgan fingerprint density at radius 2 is 0.828 bits per heavy atom. The predicted octanol–water partition coefficient (Wildman–Crippen LogP) is 19.4. The predicted molar refractivity (Wildman–Crippen MR) is 385 cm³/mol. The maximum absolute atomic E-state index is 13.8. The number of benzene rings is 5. The molecule has 19 nitrogen and oxygen atoms in total. The van der Waals surface area contributed by atoms with E-state index in [9.17, 15) is 38.9 Å². The molecule has 5 rings (SSSR count). The highest BCUT2D eigenvalue weighted by Crippen LogP contribution is 2.38. The number of nitrogens with zero attached hydrogens (tertiary/aromatic N) is 1. The van der Waals surface area contributed by atoms with Crippen LogP contribution < -0.4 is 29.4 Å². The van der Waals surface area contributed by atoms with Crippen LogP contribution in [0.2, 0.25) is 0 Å². The number of nitrogens with two attached hydrogens (primary N) is 1. The zero-order valence-corrected chi connectivity index (χ0v) is 58.6. The Bertz CT molecular complexity index is 3240. The Labute approximate surface area is 586 Å². The third kappa shape index (κ3) is 32.9. The molecule has 1 atom stereocenters. The summed E-state index contributed by atoms with van der Waals surface area (Å²) in [5.41, 5.74) is 7.77. The highest BCUT2D eigenvalue weighted by molar-refractivity contribution is 6.06. The van der Waals surface area contributed by atoms with Crippen LogP contribution in [-0.4, -0.2) is 86.5 Å². The molecule has 5 aromatic rings. The third-order valence-corrected chi connectivity index (χ3v) is 16.8. The Morgan fingerprint density at radius 1 is 0.434 bits per heavy atom. The average Bonchev–Trinajstić information content (AvgIpc) is 0.810. The minimum atomic E-state index is -0.816. The van der Waals surface area contributed by atoms with E-state index in [1.54, 1.807) is 72.8 Å². The Hall–Kier alpha value is -9.00. The van der Waals surface area contributed by atoms with Gasteiger partial charge in [-0.15, -0.1) is 0 Å². The maximum atomic E-state index is 13.8. The van der Waals surface area contributed by atoms with Crippen LogP contribution in [0.25, 0.3) is 11.1 Å². The van der Waals surface area contributed by atoms with Crippen molar-refractivity contribution in [2.75, 3.05) is 45.4 Å². The average molecular weight is 1370 g/mol. The largest absolute Gasteiger partial charge is 0.494 e. The monoisotopic (exact) mass is 1370 g/mol. The molecule has 0 aliphatic carbocycles. The first kappa shape index (κ1) is 80.7. The number of nitro groups is 1. The maximum Gasteiger partial charge on any atom is 0.344 e. The van der Waals surface area contributed by atoms with Crippen LogP contribution in [0.5, 0.6) is 28.7 Å². The van der Waals surface area contributed by atoms with Gasteiger partial charge in [-0.1, -0.05) is 180 Å². The molecular weight excluding hydrogens is 1260 g/mol. The standard InChI is InChI=1S/C80H106N2O17/c1-5-8-9-30-37-61(4)97-74-60-72(81)70(59-73(74)82(89)90)62-38-40-63(41-39-62)77(85)95-56-35-28-22-16-17-23-29-36-57-96-79(87)71-58-64(78(86)98-67-47-43-65(44-48-67)91-52-31-24-18-12-10-14-20-26-33-54-93-75(83)6-2)42-51-69(71)80(88)99-68-49-45-66(46-50-68)92-53-32-25-19-13-11-15-21-27-34-55-94-76(84)7-3/h6-7,38-51,58-61H,2-3,5,8-37,52-57,81H2,1,4H3/t61-/m0/s1. The van der Waals surface area contributed by atoms with Gasteiger partial charge in [-0.2, -0.15) is 0 Å². The molecule has 99 heavy (non-hydrogen) atoms. The first-order chi connectivity index (χ1) is 48.2. The second-order valence-corrected chi connectivity index (χ2v) is 24.9. The van der Waals surface area contributed by atoms with Gasteiger partial charge in [0.2, 0.25) is 0 Å². The minimum absolute atomic E-state index is 0.0268. The lowest BCUT2D eigenvalue weighted by Crippen LogP contribution is -2.18. The number of carbonyl (C=O) groups excluding carboxylic acids is 6. The highest BCUT2D eigenvalue weighted by atomic mass is 16.6. The van der Waals surface area contributed by atoms with Crippen molar-refractivity contribution in [2.45, 2.75) is 219 Å². The van der Waals surface area contributed by atoms with Crippen LogP contribution in [0.1, 0.15) is 254 Å². The number of nitrogen functional groups attached to an aromatic ring is 1. The van der Waals surface area contributed by atoms with Crippen LogP contribution in [-0.2, 0) is 28.5 Å². The fraction of sp³-hybridized carbons (Fsp3) is 0.500. The van der Waals surface area contributed by atoms with Crippen LogP contribution in [0.15, 0.2) is 128 Å². The van der Waals surface area contributed by atoms with Gasteiger partial charge in [-0.05, 0) is 143 Å². The van der Waals surface area contributed by atoms with E-state index in [1.807, 2.05) is 6.92 Å². The first-order valence-electron chi connectivity index (χ1n) is 36.0. The number of anilines is 1. The van der Waals surface area contributed by atoms with Crippen LogP contribution in [0, 0.1) is 10.1 Å². The molecule has 0 amide bonds. The number of hydrogen-bond acceptors (Lipinski definition) is 18. The van der Waals surface area contributed by atoms with Crippen molar-refractivity contribution in [1.82, 2.24) is 0 Å². The minimum Gasteiger partial charge on any atom is -0.494 e. The number of rotatable bonds is 54. The van der Waals surface area contributed by atoms with Gasteiger partial charge in [0, 0.05) is 35.5 Å². The molecule has 2 N–H and O–H groups in total. The Morgan fingerprint density at radius 3 is 1.27 bits per heavy atom. The van der Waals surface area contributed by atoms with Crippen LogP contribution in [0.3, 0.4) is 0 Å². The highest BCUT2D eigenvalue weighted by Gasteiger charge is 2.25. The van der Waals surface area contributed by atoms with E-state index in [4.69, 9.17) is 48.4 Å². The molecule has 0 saturated carbocycles. The van der Waals surface area contributed by atoms with Crippen molar-refractivity contribution < 1.29 is 76.3 Å². The normalized spacial score (nSPS) is 11.2. The lowest BCUT2D eigenvalue weighted by molar-refractivity contribution is -0.386. The van der Waals surface area contributed by atoms with Crippen molar-refractivity contribution in [1.29, 1.82) is 0 Å². The number of hydrogen-bond donors (Lipinski definition) is 1. The summed E-state index contributed by atoms with van der Waals surface area (Å²) in [5.74, 6) is -1.68. The number of ether oxygens (including phenoxy) is 9. The molecule has 5 aromatic carbocycles. The molecular formula is C80H106N2O17. The van der Waals surface area contributed by atoms with Crippen molar-refractivity contribution in [3.05, 3.63) is 161 Å². The van der Waals surface area contributed by atoms with Gasteiger partial charge in [0.1, 0.15) is 23.0 Å². The van der Waals surface area contributed by atoms with Crippen LogP contribution in [0.4, 0.5) is 11.4 Å². The smallest absolute Gasteiger partial charge is 0.344 e. The van der Waals surface area contributed by atoms with Gasteiger partial charge >= 0.3 is 41.5 Å². The lowest BCUT2D eigenvalue weighted by atomic mass is 10.0. The summed E-state index contributed by atoms with van der Waals surface area (Å²) in [6, 6.07) is 27.0. The number of carbonyl (C=O) groups is 6. The summed E-state index contributed by atoms with van der Waals surface area (Å²) in [7, 11) is 0. The van der Waals surface area contributed by atoms with Crippen molar-refractivity contribution >= 4 is 47.2 Å². The Kier molecular flexibility index (Phi) is 39.7. The van der Waals surface area contributed by atoms with E-state index in [2.05, 4.69) is 20.1 Å². The molecule has 0 fully saturated rings. The summed E-state index contributed by atoms with van der Waals surface area (Å²) in [6.45, 7) is 13.2.